The van der Waals surface area contributed by atoms with Crippen molar-refractivity contribution in [2.75, 3.05) is 5.32 Å². The molecule has 0 spiro atoms. The Morgan fingerprint density at radius 3 is 2.47 bits per heavy atom. The summed E-state index contributed by atoms with van der Waals surface area (Å²) < 4.78 is 2.01. The molecule has 17 heavy (non-hydrogen) atoms. The number of benzene rings is 2. The Bertz CT molecular complexity index is 529. The predicted molar refractivity (Wildman–Crippen MR) is 80.6 cm³/mol. The predicted octanol–water partition coefficient (Wildman–Crippen LogP) is 5.48. The number of nitrogens with one attached hydrogen (secondary N) is 1. The maximum absolute atomic E-state index is 5.94. The summed E-state index contributed by atoms with van der Waals surface area (Å²) in [6.07, 6.45) is 0. The van der Waals surface area contributed by atoms with Gasteiger partial charge in [0.15, 0.2) is 0 Å². The summed E-state index contributed by atoms with van der Waals surface area (Å²) >= 11 is 12.9. The highest BCUT2D eigenvalue weighted by Crippen LogP contribution is 2.26. The van der Waals surface area contributed by atoms with Crippen LogP contribution < -0.4 is 5.32 Å². The molecule has 2 rings (SSSR count). The smallest absolute Gasteiger partial charge is 0.0549 e. The van der Waals surface area contributed by atoms with E-state index >= 15 is 0 Å². The lowest BCUT2D eigenvalue weighted by molar-refractivity contribution is 1.14. The fourth-order valence-electron chi connectivity index (χ4n) is 1.45. The minimum Gasteiger partial charge on any atom is -0.381 e. The quantitative estimate of drug-likeness (QED) is 0.749. The highest BCUT2D eigenvalue weighted by molar-refractivity contribution is 9.10. The summed E-state index contributed by atoms with van der Waals surface area (Å²) in [6.45, 7) is 0.773. The second kappa shape index (κ2) is 5.89. The Balaban J connectivity index is 2.08. The third-order valence-electron chi connectivity index (χ3n) is 2.36. The van der Waals surface area contributed by atoms with Crippen molar-refractivity contribution in [1.82, 2.24) is 0 Å². The molecule has 0 aliphatic rings. The molecule has 0 saturated heterocycles. The van der Waals surface area contributed by atoms with Crippen molar-refractivity contribution >= 4 is 49.1 Å². The fraction of sp³-hybridized carbons (Fsp3) is 0.0769. The lowest BCUT2D eigenvalue weighted by Crippen LogP contribution is -1.99. The van der Waals surface area contributed by atoms with Crippen LogP contribution in [-0.4, -0.2) is 0 Å². The second-order valence-corrected chi connectivity index (χ2v) is 5.69. The van der Waals surface area contributed by atoms with E-state index in [9.17, 15) is 0 Å². The van der Waals surface area contributed by atoms with E-state index in [1.165, 1.54) is 5.56 Å². The molecule has 0 aromatic heterocycles. The van der Waals surface area contributed by atoms with Gasteiger partial charge in [0, 0.05) is 21.2 Å². The molecule has 0 radical (unpaired) electrons. The first-order chi connectivity index (χ1) is 8.16. The average molecular weight is 375 g/mol. The summed E-state index contributed by atoms with van der Waals surface area (Å²) in [5.41, 5.74) is 2.26. The van der Waals surface area contributed by atoms with Crippen LogP contribution >= 0.6 is 43.5 Å². The zero-order valence-electron chi connectivity index (χ0n) is 8.88. The molecule has 0 unspecified atom stereocenters. The van der Waals surface area contributed by atoms with E-state index in [1.807, 2.05) is 36.4 Å². The SMILES string of the molecule is Clc1ccc(NCc2ccccc2Br)cc1Br. The monoisotopic (exact) mass is 373 g/mol. The Morgan fingerprint density at radius 2 is 1.76 bits per heavy atom. The largest absolute Gasteiger partial charge is 0.381 e. The van der Waals surface area contributed by atoms with Gasteiger partial charge in [-0.2, -0.15) is 0 Å². The van der Waals surface area contributed by atoms with Gasteiger partial charge in [0.1, 0.15) is 0 Å². The number of hydrogen-bond acceptors (Lipinski definition) is 1. The highest BCUT2D eigenvalue weighted by atomic mass is 79.9. The van der Waals surface area contributed by atoms with Crippen LogP contribution in [0.1, 0.15) is 5.56 Å². The van der Waals surface area contributed by atoms with Gasteiger partial charge in [-0.15, -0.1) is 0 Å². The summed E-state index contributed by atoms with van der Waals surface area (Å²) in [5.74, 6) is 0. The zero-order valence-corrected chi connectivity index (χ0v) is 12.8. The fourth-order valence-corrected chi connectivity index (χ4v) is 2.37. The van der Waals surface area contributed by atoms with E-state index in [4.69, 9.17) is 11.6 Å². The summed E-state index contributed by atoms with van der Waals surface area (Å²) in [5, 5.41) is 4.07. The van der Waals surface area contributed by atoms with Crippen LogP contribution in [0, 0.1) is 0 Å². The first-order valence-corrected chi connectivity index (χ1v) is 7.05. The summed E-state index contributed by atoms with van der Waals surface area (Å²) in [4.78, 5) is 0. The third kappa shape index (κ3) is 3.47. The van der Waals surface area contributed by atoms with Crippen molar-refractivity contribution < 1.29 is 0 Å². The second-order valence-electron chi connectivity index (χ2n) is 3.57. The Hall–Kier alpha value is -0.510. The maximum Gasteiger partial charge on any atom is 0.0549 e. The van der Waals surface area contributed by atoms with Crippen molar-refractivity contribution in [2.24, 2.45) is 0 Å². The lowest BCUT2D eigenvalue weighted by atomic mass is 10.2. The minimum absolute atomic E-state index is 0.719. The van der Waals surface area contributed by atoms with Gasteiger partial charge in [0.25, 0.3) is 0 Å². The topological polar surface area (TPSA) is 12.0 Å². The summed E-state index contributed by atoms with van der Waals surface area (Å²) in [6, 6.07) is 14.0. The van der Waals surface area contributed by atoms with Gasteiger partial charge in [-0.1, -0.05) is 45.7 Å². The van der Waals surface area contributed by atoms with Gasteiger partial charge in [-0.05, 0) is 45.8 Å². The zero-order chi connectivity index (χ0) is 12.3. The van der Waals surface area contributed by atoms with Crippen molar-refractivity contribution in [3.8, 4) is 0 Å². The molecule has 0 fully saturated rings. The van der Waals surface area contributed by atoms with E-state index in [2.05, 4.69) is 43.2 Å². The van der Waals surface area contributed by atoms with Crippen molar-refractivity contribution in [1.29, 1.82) is 0 Å². The first kappa shape index (κ1) is 12.9. The van der Waals surface area contributed by atoms with E-state index in [0.29, 0.717) is 0 Å². The molecule has 0 saturated carbocycles. The van der Waals surface area contributed by atoms with E-state index in [1.54, 1.807) is 0 Å². The molecule has 1 nitrogen and oxygen atoms in total. The molecule has 0 atom stereocenters. The van der Waals surface area contributed by atoms with Crippen LogP contribution in [0.25, 0.3) is 0 Å². The van der Waals surface area contributed by atoms with E-state index < -0.39 is 0 Å². The van der Waals surface area contributed by atoms with Gasteiger partial charge in [-0.25, -0.2) is 0 Å². The molecule has 2 aromatic rings. The molecule has 0 amide bonds. The van der Waals surface area contributed by atoms with E-state index in [0.717, 1.165) is 26.2 Å². The molecule has 88 valence electrons. The first-order valence-electron chi connectivity index (χ1n) is 5.09. The van der Waals surface area contributed by atoms with Crippen molar-refractivity contribution in [3.05, 3.63) is 62.0 Å². The molecular weight excluding hydrogens is 365 g/mol. The normalized spacial score (nSPS) is 10.3. The lowest BCUT2D eigenvalue weighted by Gasteiger charge is -2.09. The van der Waals surface area contributed by atoms with Crippen LogP contribution in [-0.2, 0) is 6.54 Å². The number of halogens is 3. The number of anilines is 1. The number of hydrogen-bond donors (Lipinski definition) is 1. The van der Waals surface area contributed by atoms with Gasteiger partial charge < -0.3 is 5.32 Å². The molecule has 1 N–H and O–H groups in total. The number of rotatable bonds is 3. The van der Waals surface area contributed by atoms with Gasteiger partial charge in [0.05, 0.1) is 5.02 Å². The van der Waals surface area contributed by atoms with Gasteiger partial charge >= 0.3 is 0 Å². The minimum atomic E-state index is 0.719. The molecule has 0 aliphatic heterocycles. The van der Waals surface area contributed by atoms with Gasteiger partial charge in [0.2, 0.25) is 0 Å². The van der Waals surface area contributed by atoms with Gasteiger partial charge in [-0.3, -0.25) is 0 Å². The van der Waals surface area contributed by atoms with Crippen molar-refractivity contribution in [2.45, 2.75) is 6.54 Å². The summed E-state index contributed by atoms with van der Waals surface area (Å²) in [7, 11) is 0. The Morgan fingerprint density at radius 1 is 1.00 bits per heavy atom. The molecule has 0 bridgehead atoms. The van der Waals surface area contributed by atoms with E-state index in [-0.39, 0.29) is 0 Å². The third-order valence-corrected chi connectivity index (χ3v) is 4.35. The molecule has 4 heteroatoms. The van der Waals surface area contributed by atoms with Crippen LogP contribution in [0.3, 0.4) is 0 Å². The standard InChI is InChI=1S/C13H10Br2ClN/c14-11-4-2-1-3-9(11)8-17-10-5-6-13(16)12(15)7-10/h1-7,17H,8H2. The Labute approximate surface area is 122 Å². The molecular formula is C13H10Br2ClN. The molecule has 0 aliphatic carbocycles. The maximum atomic E-state index is 5.94. The van der Waals surface area contributed by atoms with Crippen LogP contribution in [0.5, 0.6) is 0 Å². The van der Waals surface area contributed by atoms with Crippen LogP contribution in [0.2, 0.25) is 5.02 Å². The van der Waals surface area contributed by atoms with Crippen LogP contribution in [0.15, 0.2) is 51.4 Å². The molecule has 0 heterocycles. The molecule has 2 aromatic carbocycles. The van der Waals surface area contributed by atoms with Crippen molar-refractivity contribution in [3.63, 3.8) is 0 Å². The highest BCUT2D eigenvalue weighted by Gasteiger charge is 2.01. The Kier molecular flexibility index (Phi) is 4.48. The average Bonchev–Trinajstić information content (AvgIpc) is 2.32. The van der Waals surface area contributed by atoms with Crippen LogP contribution in [0.4, 0.5) is 5.69 Å².